The van der Waals surface area contributed by atoms with E-state index in [0.29, 0.717) is 24.3 Å². The maximum Gasteiger partial charge on any atom is 0.213 e. The van der Waals surface area contributed by atoms with E-state index in [9.17, 15) is 0 Å². The number of rotatable bonds is 7. The highest BCUT2D eigenvalue weighted by molar-refractivity contribution is 5.51. The Morgan fingerprint density at radius 1 is 1.28 bits per heavy atom. The van der Waals surface area contributed by atoms with Gasteiger partial charge in [0.1, 0.15) is 11.5 Å². The van der Waals surface area contributed by atoms with Crippen molar-refractivity contribution in [1.82, 2.24) is 4.98 Å². The molecule has 1 aliphatic rings. The number of nitrogens with zero attached hydrogens (tertiary/aromatic N) is 1. The van der Waals surface area contributed by atoms with Gasteiger partial charge < -0.3 is 19.2 Å². The van der Waals surface area contributed by atoms with Crippen LogP contribution in [0.25, 0.3) is 0 Å². The SMILES string of the molecule is Cc1ccc(NCc2ncc(C(C)C)o2)cc1OCC1CCOCC1. The van der Waals surface area contributed by atoms with Crippen molar-refractivity contribution < 1.29 is 13.9 Å². The highest BCUT2D eigenvalue weighted by atomic mass is 16.5. The molecule has 0 aliphatic carbocycles. The van der Waals surface area contributed by atoms with Gasteiger partial charge in [-0.05, 0) is 37.3 Å². The van der Waals surface area contributed by atoms with Crippen LogP contribution in [0, 0.1) is 12.8 Å². The minimum atomic E-state index is 0.353. The molecule has 1 aromatic heterocycles. The molecule has 136 valence electrons. The van der Waals surface area contributed by atoms with Crippen molar-refractivity contribution in [2.75, 3.05) is 25.1 Å². The third-order valence-electron chi connectivity index (χ3n) is 4.59. The molecule has 0 saturated carbocycles. The Morgan fingerprint density at radius 3 is 2.80 bits per heavy atom. The Balaban J connectivity index is 1.56. The molecule has 0 spiro atoms. The molecule has 0 radical (unpaired) electrons. The third kappa shape index (κ3) is 4.98. The molecule has 0 unspecified atom stereocenters. The van der Waals surface area contributed by atoms with Crippen LogP contribution in [0.4, 0.5) is 5.69 Å². The minimum absolute atomic E-state index is 0.353. The number of ether oxygens (including phenoxy) is 2. The summed E-state index contributed by atoms with van der Waals surface area (Å²) >= 11 is 0. The van der Waals surface area contributed by atoms with E-state index >= 15 is 0 Å². The lowest BCUT2D eigenvalue weighted by molar-refractivity contribution is 0.0496. The molecule has 0 atom stereocenters. The zero-order valence-corrected chi connectivity index (χ0v) is 15.4. The van der Waals surface area contributed by atoms with Crippen molar-refractivity contribution in [2.45, 2.75) is 46.1 Å². The molecular formula is C20H28N2O3. The topological polar surface area (TPSA) is 56.5 Å². The zero-order valence-electron chi connectivity index (χ0n) is 15.4. The van der Waals surface area contributed by atoms with Crippen LogP contribution in [-0.2, 0) is 11.3 Å². The number of aryl methyl sites for hydroxylation is 1. The van der Waals surface area contributed by atoms with Crippen LogP contribution in [-0.4, -0.2) is 24.8 Å². The van der Waals surface area contributed by atoms with Gasteiger partial charge in [0.2, 0.25) is 5.89 Å². The Hall–Kier alpha value is -2.01. The summed E-state index contributed by atoms with van der Waals surface area (Å²) in [6.45, 7) is 9.29. The number of hydrogen-bond donors (Lipinski definition) is 1. The standard InChI is InChI=1S/C20H28N2O3/c1-14(2)19-11-22-20(25-19)12-21-17-5-4-15(3)18(10-17)24-13-16-6-8-23-9-7-16/h4-5,10-11,14,16,21H,6-9,12-13H2,1-3H3. The second-order valence-electron chi connectivity index (χ2n) is 7.01. The van der Waals surface area contributed by atoms with Gasteiger partial charge in [-0.3, -0.25) is 0 Å². The predicted molar refractivity (Wildman–Crippen MR) is 98.1 cm³/mol. The van der Waals surface area contributed by atoms with Crippen LogP contribution >= 0.6 is 0 Å². The normalized spacial score (nSPS) is 15.5. The van der Waals surface area contributed by atoms with Crippen LogP contribution in [0.1, 0.15) is 49.8 Å². The van der Waals surface area contributed by atoms with E-state index in [4.69, 9.17) is 13.9 Å². The van der Waals surface area contributed by atoms with Crippen LogP contribution in [0.3, 0.4) is 0 Å². The molecule has 0 amide bonds. The van der Waals surface area contributed by atoms with Gasteiger partial charge in [0.25, 0.3) is 0 Å². The summed E-state index contributed by atoms with van der Waals surface area (Å²) in [6.07, 6.45) is 3.97. The van der Waals surface area contributed by atoms with Crippen molar-refractivity contribution in [1.29, 1.82) is 0 Å². The molecule has 1 fully saturated rings. The van der Waals surface area contributed by atoms with Crippen LogP contribution < -0.4 is 10.1 Å². The van der Waals surface area contributed by atoms with Gasteiger partial charge in [0, 0.05) is 30.9 Å². The molecular weight excluding hydrogens is 316 g/mol. The molecule has 5 nitrogen and oxygen atoms in total. The minimum Gasteiger partial charge on any atom is -0.493 e. The quantitative estimate of drug-likeness (QED) is 0.800. The number of benzene rings is 1. The summed E-state index contributed by atoms with van der Waals surface area (Å²) in [5, 5.41) is 3.36. The zero-order chi connectivity index (χ0) is 17.6. The van der Waals surface area contributed by atoms with Crippen LogP contribution in [0.2, 0.25) is 0 Å². The fourth-order valence-corrected chi connectivity index (χ4v) is 2.84. The predicted octanol–water partition coefficient (Wildman–Crippen LogP) is 4.52. The largest absolute Gasteiger partial charge is 0.493 e. The highest BCUT2D eigenvalue weighted by Crippen LogP contribution is 2.25. The van der Waals surface area contributed by atoms with Crippen molar-refractivity contribution in [3.63, 3.8) is 0 Å². The van der Waals surface area contributed by atoms with Crippen molar-refractivity contribution >= 4 is 5.69 Å². The van der Waals surface area contributed by atoms with Crippen molar-refractivity contribution in [2.24, 2.45) is 5.92 Å². The maximum atomic E-state index is 6.07. The summed E-state index contributed by atoms with van der Waals surface area (Å²) in [5.41, 5.74) is 2.16. The summed E-state index contributed by atoms with van der Waals surface area (Å²) in [6, 6.07) is 6.20. The van der Waals surface area contributed by atoms with E-state index in [1.807, 2.05) is 0 Å². The first-order valence-electron chi connectivity index (χ1n) is 9.11. The van der Waals surface area contributed by atoms with Crippen molar-refractivity contribution in [3.05, 3.63) is 41.6 Å². The molecule has 2 heterocycles. The molecule has 25 heavy (non-hydrogen) atoms. The second kappa shape index (κ2) is 8.39. The summed E-state index contributed by atoms with van der Waals surface area (Å²) in [5.74, 6) is 3.50. The first-order valence-corrected chi connectivity index (χ1v) is 9.11. The molecule has 3 rings (SSSR count). The number of hydrogen-bond acceptors (Lipinski definition) is 5. The van der Waals surface area contributed by atoms with E-state index in [2.05, 4.69) is 49.3 Å². The summed E-state index contributed by atoms with van der Waals surface area (Å²) in [4.78, 5) is 4.32. The maximum absolute atomic E-state index is 6.07. The molecule has 1 N–H and O–H groups in total. The van der Waals surface area contributed by atoms with Gasteiger partial charge >= 0.3 is 0 Å². The Labute approximate surface area is 149 Å². The number of oxazole rings is 1. The third-order valence-corrected chi connectivity index (χ3v) is 4.59. The van der Waals surface area contributed by atoms with E-state index in [1.165, 1.54) is 0 Å². The van der Waals surface area contributed by atoms with Crippen molar-refractivity contribution in [3.8, 4) is 5.75 Å². The summed E-state index contributed by atoms with van der Waals surface area (Å²) in [7, 11) is 0. The molecule has 2 aromatic rings. The summed E-state index contributed by atoms with van der Waals surface area (Å²) < 4.78 is 17.2. The van der Waals surface area contributed by atoms with Crippen LogP contribution in [0.5, 0.6) is 5.75 Å². The molecule has 0 bridgehead atoms. The number of anilines is 1. The van der Waals surface area contributed by atoms with Gasteiger partial charge in [-0.15, -0.1) is 0 Å². The fraction of sp³-hybridized carbons (Fsp3) is 0.550. The lowest BCUT2D eigenvalue weighted by Gasteiger charge is -2.22. The lowest BCUT2D eigenvalue weighted by Crippen LogP contribution is -2.21. The first kappa shape index (κ1) is 17.8. The van der Waals surface area contributed by atoms with Gasteiger partial charge in [-0.25, -0.2) is 4.98 Å². The van der Waals surface area contributed by atoms with Gasteiger partial charge in [0.05, 0.1) is 19.3 Å². The number of aromatic nitrogens is 1. The van der Waals surface area contributed by atoms with E-state index in [1.54, 1.807) is 6.20 Å². The molecule has 1 saturated heterocycles. The molecule has 1 aliphatic heterocycles. The Bertz CT molecular complexity index is 675. The average Bonchev–Trinajstić information content (AvgIpc) is 3.10. The second-order valence-corrected chi connectivity index (χ2v) is 7.01. The van der Waals surface area contributed by atoms with E-state index in [0.717, 1.165) is 55.4 Å². The Morgan fingerprint density at radius 2 is 2.08 bits per heavy atom. The Kier molecular flexibility index (Phi) is 5.97. The van der Waals surface area contributed by atoms with Gasteiger partial charge in [0.15, 0.2) is 0 Å². The smallest absolute Gasteiger partial charge is 0.213 e. The monoisotopic (exact) mass is 344 g/mol. The lowest BCUT2D eigenvalue weighted by atomic mass is 10.0. The average molecular weight is 344 g/mol. The van der Waals surface area contributed by atoms with E-state index in [-0.39, 0.29) is 0 Å². The number of nitrogens with one attached hydrogen (secondary N) is 1. The molecule has 1 aromatic carbocycles. The van der Waals surface area contributed by atoms with Gasteiger partial charge in [-0.1, -0.05) is 19.9 Å². The fourth-order valence-electron chi connectivity index (χ4n) is 2.84. The van der Waals surface area contributed by atoms with Crippen LogP contribution in [0.15, 0.2) is 28.8 Å². The first-order chi connectivity index (χ1) is 12.1. The van der Waals surface area contributed by atoms with Gasteiger partial charge in [-0.2, -0.15) is 0 Å². The highest BCUT2D eigenvalue weighted by Gasteiger charge is 2.15. The van der Waals surface area contributed by atoms with E-state index < -0.39 is 0 Å². The molecule has 5 heteroatoms.